The second-order valence-corrected chi connectivity index (χ2v) is 6.79. The standard InChI is InChI=1S/C19H19N3O2S/c1-13-7-6-10-16(11-13)24-14(2)18(23)20-19-22-21-17(25-19)12-15-8-4-3-5-9-15/h3-11,14H,12H2,1-2H3,(H,20,22,23)/t14-/m0/s1. The summed E-state index contributed by atoms with van der Waals surface area (Å²) in [7, 11) is 0. The molecule has 0 aliphatic carbocycles. The van der Waals surface area contributed by atoms with Crippen LogP contribution >= 0.6 is 11.3 Å². The molecule has 1 amide bonds. The third-order valence-electron chi connectivity index (χ3n) is 3.57. The molecule has 0 bridgehead atoms. The summed E-state index contributed by atoms with van der Waals surface area (Å²) >= 11 is 1.37. The second kappa shape index (κ2) is 7.90. The van der Waals surface area contributed by atoms with Gasteiger partial charge in [-0.05, 0) is 37.1 Å². The van der Waals surface area contributed by atoms with E-state index in [1.807, 2.05) is 61.5 Å². The van der Waals surface area contributed by atoms with Crippen LogP contribution in [-0.4, -0.2) is 22.2 Å². The predicted octanol–water partition coefficient (Wildman–Crippen LogP) is 3.84. The van der Waals surface area contributed by atoms with Crippen LogP contribution in [0.4, 0.5) is 5.13 Å². The first kappa shape index (κ1) is 17.1. The Morgan fingerprint density at radius 3 is 2.72 bits per heavy atom. The molecule has 1 heterocycles. The van der Waals surface area contributed by atoms with E-state index in [9.17, 15) is 4.79 Å². The molecule has 128 valence electrons. The van der Waals surface area contributed by atoms with Crippen molar-refractivity contribution in [3.8, 4) is 5.75 Å². The van der Waals surface area contributed by atoms with Crippen LogP contribution in [0, 0.1) is 6.92 Å². The van der Waals surface area contributed by atoms with Gasteiger partial charge in [0, 0.05) is 6.42 Å². The van der Waals surface area contributed by atoms with Crippen molar-refractivity contribution in [1.82, 2.24) is 10.2 Å². The topological polar surface area (TPSA) is 64.1 Å². The van der Waals surface area contributed by atoms with E-state index in [1.165, 1.54) is 11.3 Å². The fraction of sp³-hybridized carbons (Fsp3) is 0.211. The van der Waals surface area contributed by atoms with Crippen molar-refractivity contribution in [3.63, 3.8) is 0 Å². The monoisotopic (exact) mass is 353 g/mol. The molecule has 0 unspecified atom stereocenters. The van der Waals surface area contributed by atoms with Gasteiger partial charge in [0.15, 0.2) is 6.10 Å². The Balaban J connectivity index is 1.57. The van der Waals surface area contributed by atoms with Crippen molar-refractivity contribution in [2.75, 3.05) is 5.32 Å². The summed E-state index contributed by atoms with van der Waals surface area (Å²) in [6, 6.07) is 17.6. The van der Waals surface area contributed by atoms with Crippen LogP contribution in [0.2, 0.25) is 0 Å². The molecule has 0 spiro atoms. The highest BCUT2D eigenvalue weighted by molar-refractivity contribution is 7.15. The minimum Gasteiger partial charge on any atom is -0.481 e. The van der Waals surface area contributed by atoms with Gasteiger partial charge in [0.05, 0.1) is 0 Å². The zero-order chi connectivity index (χ0) is 17.6. The van der Waals surface area contributed by atoms with E-state index in [1.54, 1.807) is 6.92 Å². The van der Waals surface area contributed by atoms with Crippen LogP contribution in [0.15, 0.2) is 54.6 Å². The highest BCUT2D eigenvalue weighted by atomic mass is 32.1. The van der Waals surface area contributed by atoms with E-state index in [2.05, 4.69) is 15.5 Å². The van der Waals surface area contributed by atoms with E-state index in [-0.39, 0.29) is 5.91 Å². The van der Waals surface area contributed by atoms with Gasteiger partial charge in [0.2, 0.25) is 5.13 Å². The SMILES string of the molecule is Cc1cccc(O[C@@H](C)C(=O)Nc2nnc(Cc3ccccc3)s2)c1. The lowest BCUT2D eigenvalue weighted by Gasteiger charge is -2.13. The van der Waals surface area contributed by atoms with Crippen molar-refractivity contribution in [2.45, 2.75) is 26.4 Å². The Morgan fingerprint density at radius 2 is 1.96 bits per heavy atom. The zero-order valence-corrected chi connectivity index (χ0v) is 14.9. The Labute approximate surface area is 150 Å². The molecule has 3 rings (SSSR count). The molecule has 2 aromatic carbocycles. The summed E-state index contributed by atoms with van der Waals surface area (Å²) in [6.45, 7) is 3.69. The third-order valence-corrected chi connectivity index (χ3v) is 4.41. The van der Waals surface area contributed by atoms with Crippen LogP contribution in [-0.2, 0) is 11.2 Å². The van der Waals surface area contributed by atoms with Gasteiger partial charge in [-0.2, -0.15) is 0 Å². The molecule has 0 saturated carbocycles. The Kier molecular flexibility index (Phi) is 5.40. The predicted molar refractivity (Wildman–Crippen MR) is 99.1 cm³/mol. The molecular formula is C19H19N3O2S. The van der Waals surface area contributed by atoms with E-state index in [0.29, 0.717) is 17.3 Å². The summed E-state index contributed by atoms with van der Waals surface area (Å²) in [5.41, 5.74) is 2.24. The first-order valence-electron chi connectivity index (χ1n) is 8.00. The number of nitrogens with one attached hydrogen (secondary N) is 1. The van der Waals surface area contributed by atoms with Gasteiger partial charge in [0.25, 0.3) is 5.91 Å². The number of hydrogen-bond acceptors (Lipinski definition) is 5. The van der Waals surface area contributed by atoms with Gasteiger partial charge in [0.1, 0.15) is 10.8 Å². The number of aromatic nitrogens is 2. The Bertz CT molecular complexity index is 849. The number of carbonyl (C=O) groups excluding carboxylic acids is 1. The number of nitrogens with zero attached hydrogens (tertiary/aromatic N) is 2. The van der Waals surface area contributed by atoms with E-state index in [0.717, 1.165) is 16.1 Å². The smallest absolute Gasteiger partial charge is 0.266 e. The molecule has 0 fully saturated rings. The summed E-state index contributed by atoms with van der Waals surface area (Å²) in [5.74, 6) is 0.425. The molecule has 0 saturated heterocycles. The first-order chi connectivity index (χ1) is 12.1. The van der Waals surface area contributed by atoms with Gasteiger partial charge in [-0.3, -0.25) is 10.1 Å². The highest BCUT2D eigenvalue weighted by Crippen LogP contribution is 2.19. The molecule has 6 heteroatoms. The van der Waals surface area contributed by atoms with Gasteiger partial charge < -0.3 is 4.74 Å². The number of anilines is 1. The van der Waals surface area contributed by atoms with Gasteiger partial charge >= 0.3 is 0 Å². The van der Waals surface area contributed by atoms with Crippen LogP contribution < -0.4 is 10.1 Å². The van der Waals surface area contributed by atoms with Crippen molar-refractivity contribution in [2.24, 2.45) is 0 Å². The largest absolute Gasteiger partial charge is 0.481 e. The maximum Gasteiger partial charge on any atom is 0.266 e. The molecule has 1 aromatic heterocycles. The number of benzene rings is 2. The van der Waals surface area contributed by atoms with Crippen molar-refractivity contribution in [1.29, 1.82) is 0 Å². The van der Waals surface area contributed by atoms with Crippen LogP contribution in [0.3, 0.4) is 0 Å². The molecule has 0 radical (unpaired) electrons. The lowest BCUT2D eigenvalue weighted by Crippen LogP contribution is -2.30. The summed E-state index contributed by atoms with van der Waals surface area (Å²) in [5, 5.41) is 12.3. The fourth-order valence-corrected chi connectivity index (χ4v) is 3.08. The molecule has 25 heavy (non-hydrogen) atoms. The fourth-order valence-electron chi connectivity index (χ4n) is 2.30. The molecule has 1 N–H and O–H groups in total. The van der Waals surface area contributed by atoms with E-state index in [4.69, 9.17) is 4.74 Å². The molecule has 3 aromatic rings. The van der Waals surface area contributed by atoms with Crippen LogP contribution in [0.5, 0.6) is 5.75 Å². The van der Waals surface area contributed by atoms with Crippen molar-refractivity contribution < 1.29 is 9.53 Å². The summed E-state index contributed by atoms with van der Waals surface area (Å²) < 4.78 is 5.68. The van der Waals surface area contributed by atoms with E-state index < -0.39 is 6.10 Å². The maximum absolute atomic E-state index is 12.3. The average molecular weight is 353 g/mol. The molecule has 0 aliphatic heterocycles. The third kappa shape index (κ3) is 4.87. The number of amides is 1. The Morgan fingerprint density at radius 1 is 1.16 bits per heavy atom. The van der Waals surface area contributed by atoms with Crippen molar-refractivity contribution >= 4 is 22.4 Å². The average Bonchev–Trinajstić information content (AvgIpc) is 3.02. The molecule has 5 nitrogen and oxygen atoms in total. The van der Waals surface area contributed by atoms with Crippen LogP contribution in [0.25, 0.3) is 0 Å². The normalized spacial score (nSPS) is 11.8. The van der Waals surface area contributed by atoms with Crippen molar-refractivity contribution in [3.05, 3.63) is 70.7 Å². The number of aryl methyl sites for hydroxylation is 1. The Hall–Kier alpha value is -2.73. The number of ether oxygens (including phenoxy) is 1. The van der Waals surface area contributed by atoms with E-state index >= 15 is 0 Å². The molecule has 0 aliphatic rings. The summed E-state index contributed by atoms with van der Waals surface area (Å²) in [6.07, 6.45) is 0.0762. The number of hydrogen-bond donors (Lipinski definition) is 1. The van der Waals surface area contributed by atoms with Gasteiger partial charge in [-0.25, -0.2) is 0 Å². The number of rotatable bonds is 6. The second-order valence-electron chi connectivity index (χ2n) is 5.73. The minimum atomic E-state index is -0.622. The van der Waals surface area contributed by atoms with Crippen LogP contribution in [0.1, 0.15) is 23.1 Å². The van der Waals surface area contributed by atoms with Gasteiger partial charge in [-0.15, -0.1) is 10.2 Å². The molecular weight excluding hydrogens is 334 g/mol. The highest BCUT2D eigenvalue weighted by Gasteiger charge is 2.17. The summed E-state index contributed by atoms with van der Waals surface area (Å²) in [4.78, 5) is 12.3. The minimum absolute atomic E-state index is 0.246. The lowest BCUT2D eigenvalue weighted by atomic mass is 10.2. The molecule has 1 atom stereocenters. The van der Waals surface area contributed by atoms with Gasteiger partial charge in [-0.1, -0.05) is 53.8 Å². The zero-order valence-electron chi connectivity index (χ0n) is 14.1. The maximum atomic E-state index is 12.3. The quantitative estimate of drug-likeness (QED) is 0.731. The first-order valence-corrected chi connectivity index (χ1v) is 8.82. The number of carbonyl (C=O) groups is 1. The lowest BCUT2D eigenvalue weighted by molar-refractivity contribution is -0.122.